The summed E-state index contributed by atoms with van der Waals surface area (Å²) in [5, 5.41) is 9.45. The van der Waals surface area contributed by atoms with Crippen LogP contribution in [0.5, 0.6) is 0 Å². The van der Waals surface area contributed by atoms with Crippen LogP contribution in [0.15, 0.2) is 24.5 Å². The molecule has 1 saturated carbocycles. The fourth-order valence-electron chi connectivity index (χ4n) is 4.50. The summed E-state index contributed by atoms with van der Waals surface area (Å²) in [4.78, 5) is 33.3. The molecule has 0 spiro atoms. The molecular weight excluding hydrogens is 344 g/mol. The number of nitrogens with zero attached hydrogens (tertiary/aromatic N) is 3. The molecule has 3 N–H and O–H groups in total. The SMILES string of the molecule is CCCC(=O)C1(N2CCN(c3ccncc3)CC2)CCC(N)(C(=O)O)CC1. The summed E-state index contributed by atoms with van der Waals surface area (Å²) in [5.41, 5.74) is 5.47. The number of piperazine rings is 1. The second-order valence-electron chi connectivity index (χ2n) is 7.85. The second-order valence-corrected chi connectivity index (χ2v) is 7.85. The topological polar surface area (TPSA) is 99.8 Å². The molecule has 1 aromatic rings. The number of carbonyl (C=O) groups excluding carboxylic acids is 1. The van der Waals surface area contributed by atoms with E-state index < -0.39 is 17.0 Å². The minimum Gasteiger partial charge on any atom is -0.480 e. The molecular formula is C20H30N4O3. The van der Waals surface area contributed by atoms with Crippen molar-refractivity contribution in [2.24, 2.45) is 5.73 Å². The average molecular weight is 374 g/mol. The van der Waals surface area contributed by atoms with Gasteiger partial charge in [-0.3, -0.25) is 19.5 Å². The first kappa shape index (κ1) is 19.8. The van der Waals surface area contributed by atoms with Gasteiger partial charge in [0.25, 0.3) is 0 Å². The van der Waals surface area contributed by atoms with E-state index in [9.17, 15) is 14.7 Å². The first-order valence-electron chi connectivity index (χ1n) is 9.87. The molecule has 1 aliphatic carbocycles. The van der Waals surface area contributed by atoms with Crippen molar-refractivity contribution < 1.29 is 14.7 Å². The van der Waals surface area contributed by atoms with E-state index in [0.29, 0.717) is 32.1 Å². The predicted octanol–water partition coefficient (Wildman–Crippen LogP) is 1.67. The maximum Gasteiger partial charge on any atom is 0.323 e. The van der Waals surface area contributed by atoms with Gasteiger partial charge in [-0.2, -0.15) is 0 Å². The third-order valence-electron chi connectivity index (χ3n) is 6.30. The van der Waals surface area contributed by atoms with Crippen molar-refractivity contribution in [1.82, 2.24) is 9.88 Å². The van der Waals surface area contributed by atoms with Crippen LogP contribution < -0.4 is 10.6 Å². The first-order valence-corrected chi connectivity index (χ1v) is 9.87. The highest BCUT2D eigenvalue weighted by molar-refractivity contribution is 5.89. The number of nitrogens with two attached hydrogens (primary N) is 1. The Hall–Kier alpha value is -1.99. The molecule has 0 unspecified atom stereocenters. The third kappa shape index (κ3) is 3.84. The lowest BCUT2D eigenvalue weighted by Gasteiger charge is -2.51. The number of hydrogen-bond donors (Lipinski definition) is 2. The number of rotatable bonds is 6. The number of anilines is 1. The van der Waals surface area contributed by atoms with Crippen LogP contribution in [-0.2, 0) is 9.59 Å². The van der Waals surface area contributed by atoms with Crippen LogP contribution in [-0.4, -0.2) is 64.0 Å². The fraction of sp³-hybridized carbons (Fsp3) is 0.650. The lowest BCUT2D eigenvalue weighted by atomic mass is 9.69. The summed E-state index contributed by atoms with van der Waals surface area (Å²) in [7, 11) is 0. The van der Waals surface area contributed by atoms with Crippen molar-refractivity contribution >= 4 is 17.4 Å². The Morgan fingerprint density at radius 2 is 1.70 bits per heavy atom. The highest BCUT2D eigenvalue weighted by atomic mass is 16.4. The minimum absolute atomic E-state index is 0.245. The number of carboxylic acids is 1. The van der Waals surface area contributed by atoms with Crippen molar-refractivity contribution in [3.8, 4) is 0 Å². The average Bonchev–Trinajstić information content (AvgIpc) is 2.70. The van der Waals surface area contributed by atoms with E-state index in [1.54, 1.807) is 12.4 Å². The largest absolute Gasteiger partial charge is 0.480 e. The molecule has 2 aliphatic rings. The van der Waals surface area contributed by atoms with Crippen LogP contribution in [0.4, 0.5) is 5.69 Å². The van der Waals surface area contributed by atoms with E-state index in [0.717, 1.165) is 38.3 Å². The van der Waals surface area contributed by atoms with Crippen LogP contribution in [0.3, 0.4) is 0 Å². The number of carboxylic acid groups (broad SMARTS) is 1. The molecule has 0 aromatic carbocycles. The highest BCUT2D eigenvalue weighted by Crippen LogP contribution is 2.40. The van der Waals surface area contributed by atoms with Gasteiger partial charge in [0.2, 0.25) is 0 Å². The van der Waals surface area contributed by atoms with Crippen LogP contribution in [0, 0.1) is 0 Å². The van der Waals surface area contributed by atoms with Gasteiger partial charge in [0.05, 0.1) is 5.54 Å². The van der Waals surface area contributed by atoms with Gasteiger partial charge >= 0.3 is 5.97 Å². The second kappa shape index (κ2) is 7.94. The molecule has 1 aromatic heterocycles. The number of pyridine rings is 1. The zero-order chi connectivity index (χ0) is 19.5. The predicted molar refractivity (Wildman–Crippen MR) is 104 cm³/mol. The van der Waals surface area contributed by atoms with Crippen molar-refractivity contribution in [3.63, 3.8) is 0 Å². The standard InChI is InChI=1S/C20H30N4O3/c1-2-3-17(25)20(8-6-19(21,7-9-20)18(26)27)24-14-12-23(13-15-24)16-4-10-22-11-5-16/h4-5,10-11H,2-3,6-9,12-15,21H2,1H3,(H,26,27). The molecule has 2 fully saturated rings. The number of aliphatic carboxylic acids is 1. The van der Waals surface area contributed by atoms with Crippen molar-refractivity contribution in [1.29, 1.82) is 0 Å². The monoisotopic (exact) mass is 374 g/mol. The number of Topliss-reactive ketones (excluding diaryl/α,β-unsaturated/α-hetero) is 1. The Kier molecular flexibility index (Phi) is 5.81. The maximum absolute atomic E-state index is 13.1. The van der Waals surface area contributed by atoms with Gasteiger partial charge in [-0.25, -0.2) is 0 Å². The molecule has 2 heterocycles. The van der Waals surface area contributed by atoms with E-state index in [1.165, 1.54) is 0 Å². The van der Waals surface area contributed by atoms with Crippen LogP contribution in [0.1, 0.15) is 45.4 Å². The quantitative estimate of drug-likeness (QED) is 0.781. The lowest BCUT2D eigenvalue weighted by Crippen LogP contribution is -2.65. The van der Waals surface area contributed by atoms with E-state index in [-0.39, 0.29) is 5.78 Å². The van der Waals surface area contributed by atoms with E-state index in [1.807, 2.05) is 19.1 Å². The zero-order valence-corrected chi connectivity index (χ0v) is 16.1. The minimum atomic E-state index is -1.20. The Bertz CT molecular complexity index is 663. The summed E-state index contributed by atoms with van der Waals surface area (Å²) in [5.74, 6) is -0.712. The molecule has 1 saturated heterocycles. The number of ketones is 1. The first-order chi connectivity index (χ1) is 12.9. The smallest absolute Gasteiger partial charge is 0.323 e. The number of aromatic nitrogens is 1. The summed E-state index contributed by atoms with van der Waals surface area (Å²) in [6.45, 7) is 5.29. The number of hydrogen-bond acceptors (Lipinski definition) is 6. The third-order valence-corrected chi connectivity index (χ3v) is 6.30. The lowest BCUT2D eigenvalue weighted by molar-refractivity contribution is -0.149. The summed E-state index contributed by atoms with van der Waals surface area (Å²) in [6, 6.07) is 4.01. The maximum atomic E-state index is 13.1. The molecule has 148 valence electrons. The Morgan fingerprint density at radius 3 is 2.22 bits per heavy atom. The molecule has 27 heavy (non-hydrogen) atoms. The summed E-state index contributed by atoms with van der Waals surface area (Å²) >= 11 is 0. The molecule has 0 amide bonds. The fourth-order valence-corrected chi connectivity index (χ4v) is 4.50. The van der Waals surface area contributed by atoms with Gasteiger partial charge in [-0.15, -0.1) is 0 Å². The molecule has 3 rings (SSSR count). The van der Waals surface area contributed by atoms with Crippen molar-refractivity contribution in [2.45, 2.75) is 56.5 Å². The molecule has 7 nitrogen and oxygen atoms in total. The van der Waals surface area contributed by atoms with E-state index >= 15 is 0 Å². The van der Waals surface area contributed by atoms with Crippen molar-refractivity contribution in [2.75, 3.05) is 31.1 Å². The van der Waals surface area contributed by atoms with Gasteiger partial charge in [-0.1, -0.05) is 6.92 Å². The molecule has 7 heteroatoms. The van der Waals surface area contributed by atoms with Crippen molar-refractivity contribution in [3.05, 3.63) is 24.5 Å². The summed E-state index contributed by atoms with van der Waals surface area (Å²) < 4.78 is 0. The molecule has 0 atom stereocenters. The highest BCUT2D eigenvalue weighted by Gasteiger charge is 2.51. The number of carbonyl (C=O) groups is 2. The van der Waals surface area contributed by atoms with Gasteiger partial charge < -0.3 is 15.7 Å². The Morgan fingerprint density at radius 1 is 1.11 bits per heavy atom. The summed E-state index contributed by atoms with van der Waals surface area (Å²) in [6.07, 6.45) is 6.70. The van der Waals surface area contributed by atoms with Crippen LogP contribution in [0.2, 0.25) is 0 Å². The normalized spacial score (nSPS) is 29.5. The Labute approximate surface area is 160 Å². The van der Waals surface area contributed by atoms with Crippen LogP contribution >= 0.6 is 0 Å². The van der Waals surface area contributed by atoms with Gasteiger partial charge in [0, 0.05) is 50.7 Å². The zero-order valence-electron chi connectivity index (χ0n) is 16.1. The van der Waals surface area contributed by atoms with E-state index in [2.05, 4.69) is 14.8 Å². The van der Waals surface area contributed by atoms with Gasteiger partial charge in [-0.05, 0) is 44.2 Å². The van der Waals surface area contributed by atoms with Gasteiger partial charge in [0.1, 0.15) is 5.54 Å². The van der Waals surface area contributed by atoms with E-state index in [4.69, 9.17) is 5.73 Å². The molecule has 1 aliphatic heterocycles. The molecule has 0 bridgehead atoms. The van der Waals surface area contributed by atoms with Crippen LogP contribution in [0.25, 0.3) is 0 Å². The Balaban J connectivity index is 1.74. The molecule has 0 radical (unpaired) electrons. The van der Waals surface area contributed by atoms with Gasteiger partial charge in [0.15, 0.2) is 5.78 Å².